The van der Waals surface area contributed by atoms with E-state index in [1.54, 1.807) is 0 Å². The van der Waals surface area contributed by atoms with E-state index in [4.69, 9.17) is 22.9 Å². The molecule has 2 N–H and O–H groups in total. The fourth-order valence-corrected chi connectivity index (χ4v) is 2.72. The molecule has 0 spiro atoms. The van der Waals surface area contributed by atoms with Gasteiger partial charge in [-0.1, -0.05) is 44.3 Å². The molecule has 0 unspecified atom stereocenters. The molecule has 1 aromatic carbocycles. The molecule has 0 saturated carbocycles. The molecule has 0 fully saturated rings. The lowest BCUT2D eigenvalue weighted by Crippen LogP contribution is -2.33. The van der Waals surface area contributed by atoms with E-state index in [1.165, 1.54) is 0 Å². The number of aromatic nitrogens is 1. The minimum atomic E-state index is 0.399. The standard InChI is InChI=1S/C16H21N3S/c1-4-12(5-2)19(3)16-13(15(17)20)10-11-8-6-7-9-14(11)18-16/h6-10,12H,4-5H2,1-3H3,(H2,17,20). The van der Waals surface area contributed by atoms with Crippen LogP contribution in [-0.4, -0.2) is 23.1 Å². The first kappa shape index (κ1) is 14.7. The Labute approximate surface area is 125 Å². The second-order valence-electron chi connectivity index (χ2n) is 5.00. The molecular weight excluding hydrogens is 266 g/mol. The van der Waals surface area contributed by atoms with Crippen LogP contribution in [0.3, 0.4) is 0 Å². The van der Waals surface area contributed by atoms with Crippen LogP contribution in [0.4, 0.5) is 5.82 Å². The van der Waals surface area contributed by atoms with Gasteiger partial charge in [-0.2, -0.15) is 0 Å². The minimum absolute atomic E-state index is 0.399. The third-order valence-corrected chi connectivity index (χ3v) is 4.01. The number of benzene rings is 1. The molecule has 1 heterocycles. The van der Waals surface area contributed by atoms with Gasteiger partial charge in [0.15, 0.2) is 0 Å². The molecule has 0 amide bonds. The van der Waals surface area contributed by atoms with E-state index in [2.05, 4.69) is 25.8 Å². The third kappa shape index (κ3) is 2.75. The molecule has 20 heavy (non-hydrogen) atoms. The minimum Gasteiger partial charge on any atom is -0.389 e. The molecule has 3 nitrogen and oxygen atoms in total. The zero-order valence-electron chi connectivity index (χ0n) is 12.3. The number of anilines is 1. The van der Waals surface area contributed by atoms with Crippen molar-refractivity contribution in [3.63, 3.8) is 0 Å². The van der Waals surface area contributed by atoms with E-state index >= 15 is 0 Å². The Hall–Kier alpha value is -1.68. The van der Waals surface area contributed by atoms with Crippen LogP contribution in [0.1, 0.15) is 32.3 Å². The number of thiocarbonyl (C=S) groups is 1. The Bertz CT molecular complexity index is 620. The van der Waals surface area contributed by atoms with Crippen LogP contribution >= 0.6 is 12.2 Å². The molecule has 0 radical (unpaired) electrons. The normalized spacial score (nSPS) is 11.0. The number of nitrogens with zero attached hydrogens (tertiary/aromatic N) is 2. The zero-order chi connectivity index (χ0) is 14.7. The lowest BCUT2D eigenvalue weighted by molar-refractivity contribution is 0.587. The van der Waals surface area contributed by atoms with Crippen LogP contribution < -0.4 is 10.6 Å². The topological polar surface area (TPSA) is 42.2 Å². The highest BCUT2D eigenvalue weighted by Crippen LogP contribution is 2.25. The molecular formula is C16H21N3S. The Kier molecular flexibility index (Phi) is 4.55. The van der Waals surface area contributed by atoms with Crippen LogP contribution in [-0.2, 0) is 0 Å². The number of pyridine rings is 1. The van der Waals surface area contributed by atoms with Gasteiger partial charge in [-0.25, -0.2) is 4.98 Å². The van der Waals surface area contributed by atoms with Gasteiger partial charge >= 0.3 is 0 Å². The molecule has 4 heteroatoms. The molecule has 2 rings (SSSR count). The van der Waals surface area contributed by atoms with Crippen molar-refractivity contribution >= 4 is 33.9 Å². The van der Waals surface area contributed by atoms with Crippen molar-refractivity contribution in [1.29, 1.82) is 0 Å². The summed E-state index contributed by atoms with van der Waals surface area (Å²) >= 11 is 5.20. The summed E-state index contributed by atoms with van der Waals surface area (Å²) in [5.41, 5.74) is 7.72. The summed E-state index contributed by atoms with van der Waals surface area (Å²) in [6, 6.07) is 10.5. The maximum Gasteiger partial charge on any atom is 0.139 e. The lowest BCUT2D eigenvalue weighted by atomic mass is 10.1. The second-order valence-corrected chi connectivity index (χ2v) is 5.44. The van der Waals surface area contributed by atoms with Gasteiger partial charge in [0.1, 0.15) is 10.8 Å². The van der Waals surface area contributed by atoms with Crippen molar-refractivity contribution in [2.24, 2.45) is 5.73 Å². The highest BCUT2D eigenvalue weighted by Gasteiger charge is 2.18. The molecule has 1 aromatic heterocycles. The van der Waals surface area contributed by atoms with Crippen molar-refractivity contribution in [2.45, 2.75) is 32.7 Å². The Morgan fingerprint density at radius 3 is 2.55 bits per heavy atom. The van der Waals surface area contributed by atoms with Gasteiger partial charge in [0.05, 0.1) is 11.1 Å². The first-order valence-electron chi connectivity index (χ1n) is 7.00. The van der Waals surface area contributed by atoms with E-state index in [0.717, 1.165) is 35.1 Å². The van der Waals surface area contributed by atoms with Gasteiger partial charge < -0.3 is 10.6 Å². The van der Waals surface area contributed by atoms with E-state index in [-0.39, 0.29) is 0 Å². The molecule has 0 saturated heterocycles. The predicted octanol–water partition coefficient (Wildman–Crippen LogP) is 3.49. The SMILES string of the molecule is CCC(CC)N(C)c1nc2ccccc2cc1C(N)=S. The fraction of sp³-hybridized carbons (Fsp3) is 0.375. The summed E-state index contributed by atoms with van der Waals surface area (Å²) < 4.78 is 0. The van der Waals surface area contributed by atoms with Gasteiger partial charge in [0.25, 0.3) is 0 Å². The Balaban J connectivity index is 2.60. The third-order valence-electron chi connectivity index (χ3n) is 3.79. The second kappa shape index (κ2) is 6.18. The largest absolute Gasteiger partial charge is 0.389 e. The molecule has 0 aliphatic carbocycles. The highest BCUT2D eigenvalue weighted by atomic mass is 32.1. The maximum atomic E-state index is 5.89. The summed E-state index contributed by atoms with van der Waals surface area (Å²) in [6.45, 7) is 4.37. The van der Waals surface area contributed by atoms with Gasteiger partial charge in [-0.05, 0) is 25.0 Å². The van der Waals surface area contributed by atoms with E-state index < -0.39 is 0 Å². The number of hydrogen-bond acceptors (Lipinski definition) is 3. The van der Waals surface area contributed by atoms with Crippen LogP contribution in [0.5, 0.6) is 0 Å². The predicted molar refractivity (Wildman–Crippen MR) is 90.4 cm³/mol. The van der Waals surface area contributed by atoms with E-state index in [9.17, 15) is 0 Å². The molecule has 2 aromatic rings. The highest BCUT2D eigenvalue weighted by molar-refractivity contribution is 7.80. The van der Waals surface area contributed by atoms with Gasteiger partial charge in [-0.3, -0.25) is 0 Å². The average molecular weight is 287 g/mol. The van der Waals surface area contributed by atoms with E-state index in [1.807, 2.05) is 30.3 Å². The van der Waals surface area contributed by atoms with Gasteiger partial charge in [0.2, 0.25) is 0 Å². The molecule has 0 aliphatic heterocycles. The van der Waals surface area contributed by atoms with Crippen molar-refractivity contribution < 1.29 is 0 Å². The summed E-state index contributed by atoms with van der Waals surface area (Å²) in [4.78, 5) is 7.37. The maximum absolute atomic E-state index is 5.89. The quantitative estimate of drug-likeness (QED) is 0.855. The number of nitrogens with two attached hydrogens (primary N) is 1. The Morgan fingerprint density at radius 1 is 1.30 bits per heavy atom. The first-order chi connectivity index (χ1) is 9.58. The van der Waals surface area contributed by atoms with Crippen LogP contribution in [0, 0.1) is 0 Å². The summed E-state index contributed by atoms with van der Waals surface area (Å²) in [5.74, 6) is 0.880. The van der Waals surface area contributed by atoms with Crippen LogP contribution in [0.25, 0.3) is 10.9 Å². The zero-order valence-corrected chi connectivity index (χ0v) is 13.1. The monoisotopic (exact) mass is 287 g/mol. The van der Waals surface area contributed by atoms with Crippen molar-refractivity contribution in [2.75, 3.05) is 11.9 Å². The molecule has 0 atom stereocenters. The number of rotatable bonds is 5. The van der Waals surface area contributed by atoms with Crippen molar-refractivity contribution in [3.05, 3.63) is 35.9 Å². The number of hydrogen-bond donors (Lipinski definition) is 1. The average Bonchev–Trinajstić information content (AvgIpc) is 2.46. The lowest BCUT2D eigenvalue weighted by Gasteiger charge is -2.29. The summed E-state index contributed by atoms with van der Waals surface area (Å²) in [5, 5.41) is 1.07. The van der Waals surface area contributed by atoms with E-state index in [0.29, 0.717) is 11.0 Å². The number of fused-ring (bicyclic) bond motifs is 1. The van der Waals surface area contributed by atoms with Crippen LogP contribution in [0.15, 0.2) is 30.3 Å². The molecule has 0 aliphatic rings. The fourth-order valence-electron chi connectivity index (χ4n) is 2.57. The summed E-state index contributed by atoms with van der Waals surface area (Å²) in [7, 11) is 2.07. The summed E-state index contributed by atoms with van der Waals surface area (Å²) in [6.07, 6.45) is 2.14. The number of para-hydroxylation sites is 1. The van der Waals surface area contributed by atoms with Gasteiger partial charge in [0, 0.05) is 18.5 Å². The smallest absolute Gasteiger partial charge is 0.139 e. The van der Waals surface area contributed by atoms with Crippen LogP contribution in [0.2, 0.25) is 0 Å². The van der Waals surface area contributed by atoms with Gasteiger partial charge in [-0.15, -0.1) is 0 Å². The van der Waals surface area contributed by atoms with Crippen molar-refractivity contribution in [1.82, 2.24) is 4.98 Å². The van der Waals surface area contributed by atoms with Crippen molar-refractivity contribution in [3.8, 4) is 0 Å². The molecule has 106 valence electrons. The Morgan fingerprint density at radius 2 is 1.95 bits per heavy atom. The first-order valence-corrected chi connectivity index (χ1v) is 7.41. The molecule has 0 bridgehead atoms.